The van der Waals surface area contributed by atoms with E-state index >= 15 is 0 Å². The van der Waals surface area contributed by atoms with Crippen molar-refractivity contribution in [1.29, 1.82) is 0 Å². The minimum Gasteiger partial charge on any atom is -0.726 e. The van der Waals surface area contributed by atoms with Gasteiger partial charge >= 0.3 is 59.1 Å². The van der Waals surface area contributed by atoms with Gasteiger partial charge in [0.05, 0.1) is 24.7 Å². The van der Waals surface area contributed by atoms with Crippen LogP contribution >= 0.6 is 0 Å². The van der Waals surface area contributed by atoms with Gasteiger partial charge in [-0.2, -0.15) is 0 Å². The Labute approximate surface area is 271 Å². The molecule has 0 aromatic rings. The predicted molar refractivity (Wildman–Crippen MR) is 128 cm³/mol. The van der Waals surface area contributed by atoms with Gasteiger partial charge in [0.15, 0.2) is 0 Å². The average molecular weight is 574 g/mol. The molecule has 0 aromatic carbocycles. The van der Waals surface area contributed by atoms with Crippen LogP contribution in [0.1, 0.15) is 85.0 Å². The SMILES string of the molecule is C[C@H](CCC(=O)NCC(=O)[O-])[C@H]1CCC2C3C(CC[C@@]21C)[C@@]1(C)CC[C@@H](OS(=O)(=O)[O-])CC1C[C@H]3O.[Na+].[Na+]. The van der Waals surface area contributed by atoms with E-state index in [1.54, 1.807) is 0 Å². The number of carbonyl (C=O) groups is 2. The number of hydrogen-bond donors (Lipinski definition) is 2. The number of hydrogen-bond acceptors (Lipinski definition) is 8. The van der Waals surface area contributed by atoms with E-state index in [1.165, 1.54) is 0 Å². The van der Waals surface area contributed by atoms with Gasteiger partial charge in [0.2, 0.25) is 16.3 Å². The standard InChI is InChI=1S/C26H43NO8S.2Na/c1-15(4-7-22(29)27-14-23(30)31)18-5-6-19-24-20(9-11-26(18,19)3)25(2)10-8-17(35-36(32,33)34)12-16(25)13-21(24)28;;/h15-21,24,28H,4-14H2,1-3H3,(H,27,29)(H,30,31)(H,32,33,34);;/q;2*+1/p-2/t15-,16?,17-,18-,19?,20?,21-,24?,25+,26-;;/m1../s1. The predicted octanol–water partition coefficient (Wildman–Crippen LogP) is -4.25. The zero-order valence-corrected chi connectivity index (χ0v) is 28.4. The van der Waals surface area contributed by atoms with Crippen LogP contribution in [0.5, 0.6) is 0 Å². The first-order valence-electron chi connectivity index (χ1n) is 13.5. The third-order valence-electron chi connectivity index (χ3n) is 10.9. The molecule has 4 aliphatic rings. The van der Waals surface area contributed by atoms with Crippen molar-refractivity contribution in [2.45, 2.75) is 97.2 Å². The molecule has 38 heavy (non-hydrogen) atoms. The fraction of sp³-hybridized carbons (Fsp3) is 0.923. The molecule has 0 aliphatic heterocycles. The number of nitrogens with one attached hydrogen (secondary N) is 1. The van der Waals surface area contributed by atoms with E-state index in [0.29, 0.717) is 55.8 Å². The van der Waals surface area contributed by atoms with Crippen molar-refractivity contribution in [3.8, 4) is 0 Å². The molecule has 4 aliphatic carbocycles. The molecule has 0 saturated heterocycles. The average Bonchev–Trinajstić information content (AvgIpc) is 3.13. The van der Waals surface area contributed by atoms with Gasteiger partial charge in [0, 0.05) is 6.42 Å². The van der Waals surface area contributed by atoms with E-state index in [-0.39, 0.29) is 87.7 Å². The summed E-state index contributed by atoms with van der Waals surface area (Å²) in [6.45, 7) is 6.39. The van der Waals surface area contributed by atoms with E-state index < -0.39 is 35.1 Å². The molecule has 10 atom stereocenters. The zero-order chi connectivity index (χ0) is 26.5. The van der Waals surface area contributed by atoms with Gasteiger partial charge < -0.3 is 24.9 Å². The molecule has 4 saturated carbocycles. The van der Waals surface area contributed by atoms with Crippen molar-refractivity contribution in [2.24, 2.45) is 46.3 Å². The minimum atomic E-state index is -4.74. The fourth-order valence-corrected chi connectivity index (χ4v) is 9.74. The van der Waals surface area contributed by atoms with Crippen molar-refractivity contribution in [3.05, 3.63) is 0 Å². The fourth-order valence-electron chi connectivity index (χ4n) is 9.23. The molecule has 4 rings (SSSR count). The molecule has 0 heterocycles. The molecule has 4 unspecified atom stereocenters. The molecule has 1 amide bonds. The molecule has 12 heteroatoms. The Kier molecular flexibility index (Phi) is 12.3. The van der Waals surface area contributed by atoms with Crippen LogP contribution < -0.4 is 69.5 Å². The normalized spacial score (nSPS) is 40.8. The maximum atomic E-state index is 12.0. The molecule has 0 radical (unpaired) electrons. The summed E-state index contributed by atoms with van der Waals surface area (Å²) >= 11 is 0. The van der Waals surface area contributed by atoms with Crippen molar-refractivity contribution >= 4 is 22.3 Å². The Morgan fingerprint density at radius 2 is 1.68 bits per heavy atom. The second kappa shape index (κ2) is 13.4. The first kappa shape index (κ1) is 35.0. The molecule has 206 valence electrons. The maximum Gasteiger partial charge on any atom is 1.00 e. The molecule has 0 aromatic heterocycles. The number of amides is 1. The first-order chi connectivity index (χ1) is 16.7. The van der Waals surface area contributed by atoms with Gasteiger partial charge in [0.25, 0.3) is 0 Å². The maximum absolute atomic E-state index is 12.0. The number of carbonyl (C=O) groups excluding carboxylic acids is 2. The Balaban J connectivity index is 0.00000253. The van der Waals surface area contributed by atoms with Gasteiger partial charge in [-0.1, -0.05) is 20.8 Å². The quantitative estimate of drug-likeness (QED) is 0.168. The molecule has 0 spiro atoms. The van der Waals surface area contributed by atoms with E-state index in [1.807, 2.05) is 0 Å². The molecule has 9 nitrogen and oxygen atoms in total. The van der Waals surface area contributed by atoms with Crippen LogP contribution in [0.4, 0.5) is 0 Å². The smallest absolute Gasteiger partial charge is 0.726 e. The van der Waals surface area contributed by atoms with Crippen molar-refractivity contribution in [1.82, 2.24) is 5.32 Å². The van der Waals surface area contributed by atoms with E-state index in [9.17, 15) is 32.8 Å². The Morgan fingerprint density at radius 1 is 1.05 bits per heavy atom. The van der Waals surface area contributed by atoms with Crippen LogP contribution in [0.3, 0.4) is 0 Å². The van der Waals surface area contributed by atoms with Crippen molar-refractivity contribution in [2.75, 3.05) is 6.54 Å². The summed E-state index contributed by atoms with van der Waals surface area (Å²) in [5.41, 5.74) is 0.0850. The molecule has 2 N–H and O–H groups in total. The Morgan fingerprint density at radius 3 is 2.32 bits per heavy atom. The summed E-state index contributed by atoms with van der Waals surface area (Å²) in [6.07, 6.45) is 6.62. The second-order valence-electron chi connectivity index (χ2n) is 12.6. The largest absolute Gasteiger partial charge is 1.00 e. The summed E-state index contributed by atoms with van der Waals surface area (Å²) in [4.78, 5) is 22.6. The monoisotopic (exact) mass is 573 g/mol. The topological polar surface area (TPSA) is 156 Å². The van der Waals surface area contributed by atoms with Crippen molar-refractivity contribution < 1.29 is 96.1 Å². The number of carboxylic acids is 1. The van der Waals surface area contributed by atoms with Crippen LogP contribution in [0, 0.1) is 46.3 Å². The second-order valence-corrected chi connectivity index (χ2v) is 13.6. The summed E-state index contributed by atoms with van der Waals surface area (Å²) in [6, 6.07) is 0. The summed E-state index contributed by atoms with van der Waals surface area (Å²) < 4.78 is 38.2. The molecular weight excluding hydrogens is 532 g/mol. The number of rotatable bonds is 8. The summed E-state index contributed by atoms with van der Waals surface area (Å²) in [7, 11) is -4.74. The van der Waals surface area contributed by atoms with Gasteiger partial charge in [-0.3, -0.25) is 8.98 Å². The van der Waals surface area contributed by atoms with Gasteiger partial charge in [-0.15, -0.1) is 0 Å². The Hall–Kier alpha value is 0.770. The zero-order valence-electron chi connectivity index (χ0n) is 23.6. The van der Waals surface area contributed by atoms with Crippen LogP contribution in [0.25, 0.3) is 0 Å². The number of carboxylic acid groups (broad SMARTS) is 1. The third-order valence-corrected chi connectivity index (χ3v) is 11.4. The molecule has 4 fully saturated rings. The van der Waals surface area contributed by atoms with Gasteiger partial charge in [0.1, 0.15) is 0 Å². The third kappa shape index (κ3) is 7.21. The van der Waals surface area contributed by atoms with Crippen LogP contribution in [0.2, 0.25) is 0 Å². The summed E-state index contributed by atoms with van der Waals surface area (Å²) in [5.74, 6) is 0.303. The molecule has 0 bridgehead atoms. The molecular formula is C26H41NNa2O8S. The minimum absolute atomic E-state index is 0. The van der Waals surface area contributed by atoms with Crippen LogP contribution in [0.15, 0.2) is 0 Å². The number of aliphatic hydroxyl groups is 1. The van der Waals surface area contributed by atoms with Gasteiger partial charge in [-0.05, 0) is 104 Å². The Bertz CT molecular complexity index is 967. The van der Waals surface area contributed by atoms with E-state index in [4.69, 9.17) is 4.18 Å². The van der Waals surface area contributed by atoms with E-state index in [0.717, 1.165) is 32.1 Å². The van der Waals surface area contributed by atoms with Gasteiger partial charge in [-0.25, -0.2) is 8.42 Å². The first-order valence-corrected chi connectivity index (χ1v) is 14.9. The summed E-state index contributed by atoms with van der Waals surface area (Å²) in [5, 5.41) is 24.4. The van der Waals surface area contributed by atoms with E-state index in [2.05, 4.69) is 26.1 Å². The number of aliphatic carboxylic acids is 1. The number of fused-ring (bicyclic) bond motifs is 5. The van der Waals surface area contributed by atoms with Crippen molar-refractivity contribution in [3.63, 3.8) is 0 Å². The number of aliphatic hydroxyl groups excluding tert-OH is 1. The van der Waals surface area contributed by atoms with Crippen LogP contribution in [-0.2, 0) is 24.2 Å². The van der Waals surface area contributed by atoms with Crippen LogP contribution in [-0.4, -0.2) is 48.7 Å².